The SMILES string of the molecule is Cc1ccc(S[C@H]2C[C@@H](C)OC2=O)c(C)c1. The molecule has 1 aromatic rings. The van der Waals surface area contributed by atoms with Gasteiger partial charge in [-0.15, -0.1) is 11.8 Å². The lowest BCUT2D eigenvalue weighted by molar-refractivity contribution is -0.140. The lowest BCUT2D eigenvalue weighted by Gasteiger charge is -2.09. The van der Waals surface area contributed by atoms with Crippen LogP contribution in [0.1, 0.15) is 24.5 Å². The summed E-state index contributed by atoms with van der Waals surface area (Å²) in [7, 11) is 0. The summed E-state index contributed by atoms with van der Waals surface area (Å²) in [5, 5.41) is -0.0311. The van der Waals surface area contributed by atoms with E-state index in [1.807, 2.05) is 6.92 Å². The number of carbonyl (C=O) groups is 1. The lowest BCUT2D eigenvalue weighted by atomic mass is 10.2. The van der Waals surface area contributed by atoms with Crippen LogP contribution in [0.3, 0.4) is 0 Å². The first-order valence-electron chi connectivity index (χ1n) is 5.50. The largest absolute Gasteiger partial charge is 0.462 e. The van der Waals surface area contributed by atoms with Gasteiger partial charge in [-0.3, -0.25) is 4.79 Å². The summed E-state index contributed by atoms with van der Waals surface area (Å²) in [6, 6.07) is 6.32. The zero-order valence-electron chi connectivity index (χ0n) is 9.82. The summed E-state index contributed by atoms with van der Waals surface area (Å²) in [6.07, 6.45) is 0.882. The van der Waals surface area contributed by atoms with Crippen LogP contribution < -0.4 is 0 Å². The van der Waals surface area contributed by atoms with E-state index in [-0.39, 0.29) is 17.3 Å². The normalized spacial score (nSPS) is 24.6. The fraction of sp³-hybridized carbons (Fsp3) is 0.462. The molecule has 0 spiro atoms. The van der Waals surface area contributed by atoms with Crippen molar-refractivity contribution in [1.82, 2.24) is 0 Å². The van der Waals surface area contributed by atoms with E-state index in [9.17, 15) is 4.79 Å². The fourth-order valence-corrected chi connectivity index (χ4v) is 3.12. The van der Waals surface area contributed by atoms with E-state index in [0.29, 0.717) is 0 Å². The molecule has 1 fully saturated rings. The molecule has 1 aromatic carbocycles. The number of carbonyl (C=O) groups excluding carboxylic acids is 1. The Bertz CT molecular complexity index is 414. The van der Waals surface area contributed by atoms with Crippen molar-refractivity contribution in [3.63, 3.8) is 0 Å². The van der Waals surface area contributed by atoms with Gasteiger partial charge in [0.05, 0.1) is 0 Å². The lowest BCUT2D eigenvalue weighted by Crippen LogP contribution is -2.09. The molecule has 1 aliphatic rings. The molecule has 0 N–H and O–H groups in total. The summed E-state index contributed by atoms with van der Waals surface area (Å²) >= 11 is 1.62. The number of benzene rings is 1. The number of cyclic esters (lactones) is 1. The monoisotopic (exact) mass is 236 g/mol. The maximum absolute atomic E-state index is 11.5. The second kappa shape index (κ2) is 4.50. The Kier molecular flexibility index (Phi) is 3.24. The zero-order valence-corrected chi connectivity index (χ0v) is 10.6. The Morgan fingerprint density at radius 2 is 2.12 bits per heavy atom. The minimum atomic E-state index is -0.0718. The average Bonchev–Trinajstić information content (AvgIpc) is 2.50. The molecule has 3 heteroatoms. The van der Waals surface area contributed by atoms with Gasteiger partial charge in [-0.05, 0) is 32.4 Å². The van der Waals surface area contributed by atoms with Gasteiger partial charge in [0, 0.05) is 11.3 Å². The molecule has 0 aromatic heterocycles. The fourth-order valence-electron chi connectivity index (χ4n) is 1.90. The van der Waals surface area contributed by atoms with Crippen LogP contribution in [0, 0.1) is 13.8 Å². The molecular weight excluding hydrogens is 220 g/mol. The second-order valence-corrected chi connectivity index (χ2v) is 5.60. The standard InChI is InChI=1S/C13H16O2S/c1-8-4-5-11(9(2)6-8)16-12-7-10(3)15-13(12)14/h4-6,10,12H,7H2,1-3H3/t10-,12+/m1/s1. The van der Waals surface area contributed by atoms with Crippen LogP contribution in [-0.2, 0) is 9.53 Å². The van der Waals surface area contributed by atoms with Gasteiger partial charge in [0.25, 0.3) is 0 Å². The van der Waals surface area contributed by atoms with E-state index in [1.165, 1.54) is 16.0 Å². The molecule has 2 nitrogen and oxygen atoms in total. The van der Waals surface area contributed by atoms with Crippen LogP contribution in [0.25, 0.3) is 0 Å². The first kappa shape index (κ1) is 11.5. The van der Waals surface area contributed by atoms with Gasteiger partial charge in [0.1, 0.15) is 11.4 Å². The van der Waals surface area contributed by atoms with Crippen molar-refractivity contribution in [2.24, 2.45) is 0 Å². The molecule has 0 amide bonds. The molecule has 2 atom stereocenters. The van der Waals surface area contributed by atoms with E-state index in [2.05, 4.69) is 32.0 Å². The molecule has 0 bridgehead atoms. The Balaban J connectivity index is 2.12. The maximum atomic E-state index is 11.5. The predicted octanol–water partition coefficient (Wildman–Crippen LogP) is 3.10. The zero-order chi connectivity index (χ0) is 11.7. The molecule has 16 heavy (non-hydrogen) atoms. The highest BCUT2D eigenvalue weighted by atomic mass is 32.2. The Morgan fingerprint density at radius 1 is 1.38 bits per heavy atom. The van der Waals surface area contributed by atoms with Gasteiger partial charge in [-0.1, -0.05) is 17.7 Å². The number of hydrogen-bond donors (Lipinski definition) is 0. The highest BCUT2D eigenvalue weighted by Crippen LogP contribution is 2.33. The van der Waals surface area contributed by atoms with Crippen LogP contribution >= 0.6 is 11.8 Å². The summed E-state index contributed by atoms with van der Waals surface area (Å²) in [5.41, 5.74) is 2.49. The van der Waals surface area contributed by atoms with Crippen LogP contribution in [0.4, 0.5) is 0 Å². The van der Waals surface area contributed by atoms with Crippen molar-refractivity contribution in [2.45, 2.75) is 43.4 Å². The molecule has 0 radical (unpaired) electrons. The summed E-state index contributed by atoms with van der Waals surface area (Å²) in [6.45, 7) is 6.10. The molecular formula is C13H16O2S. The van der Waals surface area contributed by atoms with E-state index < -0.39 is 0 Å². The minimum Gasteiger partial charge on any atom is -0.462 e. The molecule has 1 aliphatic heterocycles. The van der Waals surface area contributed by atoms with Crippen LogP contribution in [-0.4, -0.2) is 17.3 Å². The van der Waals surface area contributed by atoms with Gasteiger partial charge in [-0.25, -0.2) is 0 Å². The minimum absolute atomic E-state index is 0.0311. The van der Waals surface area contributed by atoms with Crippen molar-refractivity contribution in [2.75, 3.05) is 0 Å². The number of hydrogen-bond acceptors (Lipinski definition) is 3. The molecule has 0 unspecified atom stereocenters. The Labute approximate surface area is 100 Å². The van der Waals surface area contributed by atoms with Crippen LogP contribution in [0.15, 0.2) is 23.1 Å². The highest BCUT2D eigenvalue weighted by Gasteiger charge is 2.32. The van der Waals surface area contributed by atoms with Gasteiger partial charge in [0.2, 0.25) is 0 Å². The predicted molar refractivity (Wildman–Crippen MR) is 65.7 cm³/mol. The molecule has 1 saturated heterocycles. The van der Waals surface area contributed by atoms with E-state index in [4.69, 9.17) is 4.74 Å². The van der Waals surface area contributed by atoms with Crippen molar-refractivity contribution in [1.29, 1.82) is 0 Å². The van der Waals surface area contributed by atoms with Crippen molar-refractivity contribution < 1.29 is 9.53 Å². The summed E-state index contributed by atoms with van der Waals surface area (Å²) in [5.74, 6) is -0.0718. The third-order valence-corrected chi connectivity index (χ3v) is 4.11. The number of aryl methyl sites for hydroxylation is 2. The Hall–Kier alpha value is -0.960. The Morgan fingerprint density at radius 3 is 2.69 bits per heavy atom. The van der Waals surface area contributed by atoms with E-state index >= 15 is 0 Å². The van der Waals surface area contributed by atoms with Crippen molar-refractivity contribution >= 4 is 17.7 Å². The van der Waals surface area contributed by atoms with Crippen LogP contribution in [0.5, 0.6) is 0 Å². The molecule has 1 heterocycles. The molecule has 0 aliphatic carbocycles. The quantitative estimate of drug-likeness (QED) is 0.738. The number of esters is 1. The van der Waals surface area contributed by atoms with Gasteiger partial charge in [-0.2, -0.15) is 0 Å². The summed E-state index contributed by atoms with van der Waals surface area (Å²) in [4.78, 5) is 12.7. The molecule has 2 rings (SSSR count). The number of ether oxygens (including phenoxy) is 1. The average molecular weight is 236 g/mol. The summed E-state index contributed by atoms with van der Waals surface area (Å²) < 4.78 is 5.15. The van der Waals surface area contributed by atoms with E-state index in [0.717, 1.165) is 6.42 Å². The third kappa shape index (κ3) is 2.40. The first-order valence-corrected chi connectivity index (χ1v) is 6.38. The molecule has 86 valence electrons. The van der Waals surface area contributed by atoms with Crippen molar-refractivity contribution in [3.05, 3.63) is 29.3 Å². The van der Waals surface area contributed by atoms with E-state index in [1.54, 1.807) is 11.8 Å². The maximum Gasteiger partial charge on any atom is 0.319 e. The molecule has 0 saturated carbocycles. The topological polar surface area (TPSA) is 26.3 Å². The van der Waals surface area contributed by atoms with Crippen molar-refractivity contribution in [3.8, 4) is 0 Å². The second-order valence-electron chi connectivity index (χ2n) is 4.36. The van der Waals surface area contributed by atoms with Gasteiger partial charge in [0.15, 0.2) is 0 Å². The number of rotatable bonds is 2. The van der Waals surface area contributed by atoms with Gasteiger partial charge < -0.3 is 4.74 Å². The number of thioether (sulfide) groups is 1. The highest BCUT2D eigenvalue weighted by molar-refractivity contribution is 8.00. The third-order valence-electron chi connectivity index (χ3n) is 2.73. The smallest absolute Gasteiger partial charge is 0.319 e. The first-order chi connectivity index (χ1) is 7.56. The van der Waals surface area contributed by atoms with Gasteiger partial charge >= 0.3 is 5.97 Å². The van der Waals surface area contributed by atoms with Crippen LogP contribution in [0.2, 0.25) is 0 Å².